The van der Waals surface area contributed by atoms with Gasteiger partial charge in [-0.3, -0.25) is 4.79 Å². The first-order chi connectivity index (χ1) is 8.54. The predicted octanol–water partition coefficient (Wildman–Crippen LogP) is 2.26. The van der Waals surface area contributed by atoms with Crippen molar-refractivity contribution in [1.82, 2.24) is 5.32 Å². The third-order valence-corrected chi connectivity index (χ3v) is 3.81. The van der Waals surface area contributed by atoms with Crippen molar-refractivity contribution in [2.24, 2.45) is 0 Å². The number of carbonyl (C=O) groups is 1. The van der Waals surface area contributed by atoms with E-state index in [2.05, 4.69) is 5.32 Å². The van der Waals surface area contributed by atoms with E-state index in [1.807, 2.05) is 24.3 Å². The van der Waals surface area contributed by atoms with Gasteiger partial charge in [0, 0.05) is 11.6 Å². The molecule has 1 aromatic rings. The van der Waals surface area contributed by atoms with Crippen molar-refractivity contribution in [3.63, 3.8) is 0 Å². The second-order valence-corrected chi connectivity index (χ2v) is 5.44. The van der Waals surface area contributed by atoms with E-state index in [4.69, 9.17) is 11.6 Å². The van der Waals surface area contributed by atoms with Gasteiger partial charge in [-0.05, 0) is 37.5 Å². The van der Waals surface area contributed by atoms with Crippen molar-refractivity contribution in [1.29, 1.82) is 0 Å². The van der Waals surface area contributed by atoms with Gasteiger partial charge in [0.25, 0.3) is 0 Å². The standard InChI is InChI=1S/C14H18ClNO2/c1-10(17)9-16-13(18)14(6-3-7-14)11-4-2-5-12(15)8-11/h2,4-5,8,10,17H,3,6-7,9H2,1H3,(H,16,18). The maximum Gasteiger partial charge on any atom is 0.230 e. The molecule has 0 aliphatic heterocycles. The fourth-order valence-corrected chi connectivity index (χ4v) is 2.56. The molecule has 2 N–H and O–H groups in total. The molecule has 1 amide bonds. The summed E-state index contributed by atoms with van der Waals surface area (Å²) in [4.78, 5) is 12.3. The van der Waals surface area contributed by atoms with Crippen molar-refractivity contribution < 1.29 is 9.90 Å². The number of aliphatic hydroxyl groups excluding tert-OH is 1. The Morgan fingerprint density at radius 2 is 2.28 bits per heavy atom. The first-order valence-electron chi connectivity index (χ1n) is 6.27. The molecule has 0 aromatic heterocycles. The van der Waals surface area contributed by atoms with Crippen LogP contribution < -0.4 is 5.32 Å². The fourth-order valence-electron chi connectivity index (χ4n) is 2.37. The lowest BCUT2D eigenvalue weighted by molar-refractivity contribution is -0.130. The van der Waals surface area contributed by atoms with Gasteiger partial charge in [-0.25, -0.2) is 0 Å². The summed E-state index contributed by atoms with van der Waals surface area (Å²) >= 11 is 5.99. The number of amides is 1. The van der Waals surface area contributed by atoms with E-state index in [-0.39, 0.29) is 5.91 Å². The molecule has 1 aliphatic carbocycles. The van der Waals surface area contributed by atoms with Crippen LogP contribution >= 0.6 is 11.6 Å². The lowest BCUT2D eigenvalue weighted by Crippen LogP contribution is -2.50. The quantitative estimate of drug-likeness (QED) is 0.879. The molecule has 0 radical (unpaired) electrons. The molecule has 0 spiro atoms. The van der Waals surface area contributed by atoms with E-state index in [1.54, 1.807) is 6.92 Å². The first-order valence-corrected chi connectivity index (χ1v) is 6.65. The van der Waals surface area contributed by atoms with E-state index < -0.39 is 11.5 Å². The summed E-state index contributed by atoms with van der Waals surface area (Å²) in [6, 6.07) is 7.50. The molecule has 3 nitrogen and oxygen atoms in total. The Morgan fingerprint density at radius 3 is 2.78 bits per heavy atom. The van der Waals surface area contributed by atoms with Gasteiger partial charge < -0.3 is 10.4 Å². The van der Waals surface area contributed by atoms with Crippen LogP contribution in [0.4, 0.5) is 0 Å². The van der Waals surface area contributed by atoms with Crippen LogP contribution in [-0.2, 0) is 10.2 Å². The van der Waals surface area contributed by atoms with Crippen LogP contribution in [0.3, 0.4) is 0 Å². The molecule has 18 heavy (non-hydrogen) atoms. The average Bonchev–Trinajstić information content (AvgIpc) is 2.25. The Bertz CT molecular complexity index is 441. The molecule has 1 atom stereocenters. The molecule has 4 heteroatoms. The van der Waals surface area contributed by atoms with Crippen LogP contribution in [0.15, 0.2) is 24.3 Å². The first kappa shape index (κ1) is 13.4. The van der Waals surface area contributed by atoms with E-state index >= 15 is 0 Å². The SMILES string of the molecule is CC(O)CNC(=O)C1(c2cccc(Cl)c2)CCC1. The molecule has 0 saturated heterocycles. The zero-order valence-electron chi connectivity index (χ0n) is 10.4. The van der Waals surface area contributed by atoms with Gasteiger partial charge in [0.1, 0.15) is 0 Å². The van der Waals surface area contributed by atoms with Crippen molar-refractivity contribution in [3.8, 4) is 0 Å². The molecule has 1 aromatic carbocycles. The summed E-state index contributed by atoms with van der Waals surface area (Å²) in [5.74, 6) is -0.00285. The monoisotopic (exact) mass is 267 g/mol. The summed E-state index contributed by atoms with van der Waals surface area (Å²) in [6.07, 6.45) is 2.22. The van der Waals surface area contributed by atoms with E-state index in [0.717, 1.165) is 24.8 Å². The molecule has 2 rings (SSSR count). The summed E-state index contributed by atoms with van der Waals surface area (Å²) in [6.45, 7) is 1.95. The maximum absolute atomic E-state index is 12.3. The zero-order valence-corrected chi connectivity index (χ0v) is 11.2. The Labute approximate surface area is 112 Å². The normalized spacial score (nSPS) is 18.8. The van der Waals surface area contributed by atoms with Gasteiger partial charge in [0.2, 0.25) is 5.91 Å². The molecule has 1 aliphatic rings. The highest BCUT2D eigenvalue weighted by molar-refractivity contribution is 6.30. The minimum atomic E-state index is -0.523. The third kappa shape index (κ3) is 2.52. The van der Waals surface area contributed by atoms with Gasteiger partial charge in [0.15, 0.2) is 0 Å². The molecular formula is C14H18ClNO2. The highest BCUT2D eigenvalue weighted by atomic mass is 35.5. The van der Waals surface area contributed by atoms with Crippen LogP contribution in [-0.4, -0.2) is 23.7 Å². The van der Waals surface area contributed by atoms with Crippen molar-refractivity contribution in [2.75, 3.05) is 6.54 Å². The highest BCUT2D eigenvalue weighted by Gasteiger charge is 2.45. The number of benzene rings is 1. The summed E-state index contributed by atoms with van der Waals surface area (Å²) < 4.78 is 0. The van der Waals surface area contributed by atoms with Crippen molar-refractivity contribution in [3.05, 3.63) is 34.9 Å². The predicted molar refractivity (Wildman–Crippen MR) is 71.7 cm³/mol. The molecule has 1 fully saturated rings. The number of hydrogen-bond acceptors (Lipinski definition) is 2. The molecule has 1 unspecified atom stereocenters. The molecule has 0 bridgehead atoms. The summed E-state index contributed by atoms with van der Waals surface area (Å²) in [5.41, 5.74) is 0.532. The van der Waals surface area contributed by atoms with Crippen LogP contribution in [0.5, 0.6) is 0 Å². The van der Waals surface area contributed by atoms with E-state index in [9.17, 15) is 9.90 Å². The molecule has 0 heterocycles. The second-order valence-electron chi connectivity index (χ2n) is 5.01. The topological polar surface area (TPSA) is 49.3 Å². The Hall–Kier alpha value is -1.06. The zero-order chi connectivity index (χ0) is 13.2. The minimum Gasteiger partial charge on any atom is -0.392 e. The molecular weight excluding hydrogens is 250 g/mol. The number of rotatable bonds is 4. The summed E-state index contributed by atoms with van der Waals surface area (Å²) in [5, 5.41) is 12.7. The third-order valence-electron chi connectivity index (χ3n) is 3.58. The molecule has 1 saturated carbocycles. The Balaban J connectivity index is 2.18. The van der Waals surface area contributed by atoms with Crippen LogP contribution in [0.2, 0.25) is 5.02 Å². The lowest BCUT2D eigenvalue weighted by atomic mass is 9.64. The Kier molecular flexibility index (Phi) is 3.93. The number of hydrogen-bond donors (Lipinski definition) is 2. The van der Waals surface area contributed by atoms with Gasteiger partial charge in [-0.1, -0.05) is 30.2 Å². The largest absolute Gasteiger partial charge is 0.392 e. The number of aliphatic hydroxyl groups is 1. The van der Waals surface area contributed by atoms with E-state index in [0.29, 0.717) is 11.6 Å². The smallest absolute Gasteiger partial charge is 0.230 e. The highest BCUT2D eigenvalue weighted by Crippen LogP contribution is 2.44. The maximum atomic E-state index is 12.3. The Morgan fingerprint density at radius 1 is 1.56 bits per heavy atom. The number of nitrogens with one attached hydrogen (secondary N) is 1. The summed E-state index contributed by atoms with van der Waals surface area (Å²) in [7, 11) is 0. The van der Waals surface area contributed by atoms with Crippen LogP contribution in [0.1, 0.15) is 31.7 Å². The minimum absolute atomic E-state index is 0.00285. The van der Waals surface area contributed by atoms with Crippen LogP contribution in [0.25, 0.3) is 0 Å². The van der Waals surface area contributed by atoms with E-state index in [1.165, 1.54) is 0 Å². The van der Waals surface area contributed by atoms with Gasteiger partial charge in [-0.15, -0.1) is 0 Å². The van der Waals surface area contributed by atoms with Crippen molar-refractivity contribution in [2.45, 2.75) is 37.7 Å². The molecule has 98 valence electrons. The fraction of sp³-hybridized carbons (Fsp3) is 0.500. The number of halogens is 1. The van der Waals surface area contributed by atoms with Crippen LogP contribution in [0, 0.1) is 0 Å². The average molecular weight is 268 g/mol. The lowest BCUT2D eigenvalue weighted by Gasteiger charge is -2.41. The number of carbonyl (C=O) groups excluding carboxylic acids is 1. The van der Waals surface area contributed by atoms with Gasteiger partial charge >= 0.3 is 0 Å². The second kappa shape index (κ2) is 5.29. The van der Waals surface area contributed by atoms with Gasteiger partial charge in [0.05, 0.1) is 11.5 Å². The van der Waals surface area contributed by atoms with Gasteiger partial charge in [-0.2, -0.15) is 0 Å². The van der Waals surface area contributed by atoms with Crippen molar-refractivity contribution >= 4 is 17.5 Å².